The molecular weight excluding hydrogens is 516 g/mol. The molecule has 2 aromatic rings. The molecule has 4 N–H and O–H groups in total. The number of hydrogen-bond acceptors (Lipinski definition) is 6. The second kappa shape index (κ2) is 19.7. The zero-order valence-corrected chi connectivity index (χ0v) is 22.7. The van der Waals surface area contributed by atoms with Crippen LogP contribution in [0.25, 0.3) is 0 Å². The third-order valence-electron chi connectivity index (χ3n) is 5.78. The lowest BCUT2D eigenvalue weighted by Crippen LogP contribution is -2.46. The van der Waals surface area contributed by atoms with Crippen LogP contribution in [-0.2, 0) is 32.1 Å². The number of carbonyl (C=O) groups is 4. The molecule has 1 fully saturated rings. The van der Waals surface area contributed by atoms with Gasteiger partial charge in [0.1, 0.15) is 0 Å². The largest absolute Gasteiger partial charge is 0.478 e. The summed E-state index contributed by atoms with van der Waals surface area (Å²) in [4.78, 5) is 43.5. The molecule has 1 saturated heterocycles. The van der Waals surface area contributed by atoms with Crippen molar-refractivity contribution in [1.82, 2.24) is 9.80 Å². The molecule has 0 aromatic heterocycles. The van der Waals surface area contributed by atoms with Gasteiger partial charge in [0, 0.05) is 57.0 Å². The second-order valence-electron chi connectivity index (χ2n) is 8.92. The lowest BCUT2D eigenvalue weighted by Gasteiger charge is -2.35. The van der Waals surface area contributed by atoms with Crippen molar-refractivity contribution in [2.24, 2.45) is 0 Å². The molecule has 10 nitrogen and oxygen atoms in total. The van der Waals surface area contributed by atoms with Crippen LogP contribution < -0.4 is 0 Å². The second-order valence-corrected chi connectivity index (χ2v) is 8.92. The zero-order chi connectivity index (χ0) is 29.8. The van der Waals surface area contributed by atoms with E-state index in [1.54, 1.807) is 0 Å². The Morgan fingerprint density at radius 1 is 0.650 bits per heavy atom. The van der Waals surface area contributed by atoms with Crippen LogP contribution in [0, 0.1) is 0 Å². The molecule has 0 unspecified atom stereocenters. The smallest absolute Gasteiger partial charge is 0.328 e. The van der Waals surface area contributed by atoms with Crippen molar-refractivity contribution in [2.75, 3.05) is 32.7 Å². The molecule has 10 heteroatoms. The van der Waals surface area contributed by atoms with E-state index in [1.807, 2.05) is 0 Å². The van der Waals surface area contributed by atoms with Crippen LogP contribution in [0.5, 0.6) is 0 Å². The number of benzene rings is 2. The van der Waals surface area contributed by atoms with Crippen molar-refractivity contribution in [2.45, 2.75) is 32.7 Å². The van der Waals surface area contributed by atoms with Gasteiger partial charge in [-0.05, 0) is 36.1 Å². The zero-order valence-electron chi connectivity index (χ0n) is 22.7. The first-order valence-corrected chi connectivity index (χ1v) is 12.9. The Morgan fingerprint density at radius 2 is 1.07 bits per heavy atom. The van der Waals surface area contributed by atoms with Crippen LogP contribution in [0.4, 0.5) is 0 Å². The quantitative estimate of drug-likeness (QED) is 0.303. The van der Waals surface area contributed by atoms with Gasteiger partial charge in [0.05, 0.1) is 0 Å². The first kappa shape index (κ1) is 33.7. The van der Waals surface area contributed by atoms with Gasteiger partial charge in [-0.25, -0.2) is 19.2 Å². The van der Waals surface area contributed by atoms with Crippen molar-refractivity contribution < 1.29 is 39.6 Å². The summed E-state index contributed by atoms with van der Waals surface area (Å²) in [5.41, 5.74) is 4.36. The molecular formula is C30H38N2O8. The topological polar surface area (TPSA) is 156 Å². The fourth-order valence-electron chi connectivity index (χ4n) is 3.78. The monoisotopic (exact) mass is 554 g/mol. The Labute approximate surface area is 234 Å². The first-order valence-electron chi connectivity index (χ1n) is 12.9. The summed E-state index contributed by atoms with van der Waals surface area (Å²) in [6, 6.07) is 19.8. The van der Waals surface area contributed by atoms with E-state index >= 15 is 0 Å². The van der Waals surface area contributed by atoms with Crippen LogP contribution in [0.1, 0.15) is 36.5 Å². The summed E-state index contributed by atoms with van der Waals surface area (Å²) >= 11 is 0. The van der Waals surface area contributed by atoms with Gasteiger partial charge < -0.3 is 25.3 Å². The minimum atomic E-state index is -1.26. The van der Waals surface area contributed by atoms with Gasteiger partial charge in [0.2, 0.25) is 0 Å². The summed E-state index contributed by atoms with van der Waals surface area (Å²) < 4.78 is 0. The van der Waals surface area contributed by atoms with E-state index in [0.29, 0.717) is 24.3 Å². The highest BCUT2D eigenvalue weighted by Crippen LogP contribution is 2.17. The molecule has 0 aliphatic carbocycles. The Kier molecular flexibility index (Phi) is 16.7. The fourth-order valence-corrected chi connectivity index (χ4v) is 3.78. The number of hydrogen-bond donors (Lipinski definition) is 4. The van der Waals surface area contributed by atoms with Crippen molar-refractivity contribution in [3.63, 3.8) is 0 Å². The SMILES string of the molecule is CCCCN1CCN(Cc2ccccc2Cc2ccccc2)CC1.O=C(O)/C=C\C(=O)O.O=C(O)/C=C\C(=O)O. The van der Waals surface area contributed by atoms with Gasteiger partial charge in [0.25, 0.3) is 0 Å². The molecule has 0 atom stereocenters. The van der Waals surface area contributed by atoms with Gasteiger partial charge in [-0.1, -0.05) is 67.9 Å². The average molecular weight is 555 g/mol. The lowest BCUT2D eigenvalue weighted by molar-refractivity contribution is -0.134. The van der Waals surface area contributed by atoms with Crippen molar-refractivity contribution in [3.05, 3.63) is 95.6 Å². The third-order valence-corrected chi connectivity index (χ3v) is 5.78. The predicted molar refractivity (Wildman–Crippen MR) is 151 cm³/mol. The van der Waals surface area contributed by atoms with Gasteiger partial charge in [-0.3, -0.25) is 4.90 Å². The van der Waals surface area contributed by atoms with Crippen LogP contribution >= 0.6 is 0 Å². The van der Waals surface area contributed by atoms with Gasteiger partial charge in [-0.15, -0.1) is 0 Å². The van der Waals surface area contributed by atoms with Crippen LogP contribution in [-0.4, -0.2) is 86.8 Å². The molecule has 0 saturated carbocycles. The molecule has 0 bridgehead atoms. The summed E-state index contributed by atoms with van der Waals surface area (Å²) in [5.74, 6) is -5.03. The highest BCUT2D eigenvalue weighted by atomic mass is 16.4. The molecule has 0 spiro atoms. The van der Waals surface area contributed by atoms with Crippen LogP contribution in [0.2, 0.25) is 0 Å². The number of rotatable bonds is 11. The fraction of sp³-hybridized carbons (Fsp3) is 0.333. The number of carboxylic acid groups (broad SMARTS) is 4. The van der Waals surface area contributed by atoms with Gasteiger partial charge in [0.15, 0.2) is 0 Å². The lowest BCUT2D eigenvalue weighted by atomic mass is 9.99. The van der Waals surface area contributed by atoms with Crippen LogP contribution in [0.15, 0.2) is 78.9 Å². The standard InChI is InChI=1S/C22H30N2.2C4H4O4/c1-2-3-13-23-14-16-24(17-15-23)19-22-12-8-7-11-21(22)18-20-9-5-4-6-10-20;2*5-3(6)1-2-4(7)8/h4-12H,2-3,13-19H2,1H3;2*1-2H,(H,5,6)(H,7,8)/b;2*2-1-. The van der Waals surface area contributed by atoms with Crippen molar-refractivity contribution in [1.29, 1.82) is 0 Å². The first-order chi connectivity index (χ1) is 19.1. The van der Waals surface area contributed by atoms with E-state index in [4.69, 9.17) is 20.4 Å². The van der Waals surface area contributed by atoms with E-state index in [2.05, 4.69) is 71.3 Å². The van der Waals surface area contributed by atoms with E-state index in [-0.39, 0.29) is 0 Å². The van der Waals surface area contributed by atoms with E-state index in [0.717, 1.165) is 13.0 Å². The Balaban J connectivity index is 0.000000412. The molecule has 216 valence electrons. The maximum atomic E-state index is 9.55. The minimum Gasteiger partial charge on any atom is -0.478 e. The molecule has 40 heavy (non-hydrogen) atoms. The summed E-state index contributed by atoms with van der Waals surface area (Å²) in [6.07, 6.45) is 5.90. The Morgan fingerprint density at radius 3 is 1.52 bits per heavy atom. The molecule has 1 heterocycles. The number of carboxylic acids is 4. The van der Waals surface area contributed by atoms with Gasteiger partial charge >= 0.3 is 23.9 Å². The highest BCUT2D eigenvalue weighted by Gasteiger charge is 2.17. The van der Waals surface area contributed by atoms with E-state index in [9.17, 15) is 19.2 Å². The van der Waals surface area contributed by atoms with E-state index < -0.39 is 23.9 Å². The summed E-state index contributed by atoms with van der Waals surface area (Å²) in [5, 5.41) is 31.2. The van der Waals surface area contributed by atoms with Crippen molar-refractivity contribution in [3.8, 4) is 0 Å². The predicted octanol–water partition coefficient (Wildman–Crippen LogP) is 3.62. The average Bonchev–Trinajstić information content (AvgIpc) is 2.93. The summed E-state index contributed by atoms with van der Waals surface area (Å²) in [6.45, 7) is 9.48. The molecule has 0 amide bonds. The molecule has 1 aliphatic rings. The molecule has 1 aliphatic heterocycles. The number of aliphatic carboxylic acids is 4. The van der Waals surface area contributed by atoms with Crippen LogP contribution in [0.3, 0.4) is 0 Å². The maximum Gasteiger partial charge on any atom is 0.328 e. The maximum absolute atomic E-state index is 9.55. The highest BCUT2D eigenvalue weighted by molar-refractivity contribution is 5.90. The Bertz CT molecular complexity index is 1060. The molecule has 2 aromatic carbocycles. The number of piperazine rings is 1. The minimum absolute atomic E-state index is 0.558. The number of nitrogens with zero attached hydrogens (tertiary/aromatic N) is 2. The normalized spacial score (nSPS) is 13.6. The summed E-state index contributed by atoms with van der Waals surface area (Å²) in [7, 11) is 0. The molecule has 0 radical (unpaired) electrons. The van der Waals surface area contributed by atoms with E-state index in [1.165, 1.54) is 62.3 Å². The Hall–Kier alpha value is -4.28. The van der Waals surface area contributed by atoms with Gasteiger partial charge in [-0.2, -0.15) is 0 Å². The molecule has 3 rings (SSSR count). The van der Waals surface area contributed by atoms with Crippen molar-refractivity contribution >= 4 is 23.9 Å². The third kappa shape index (κ3) is 16.5. The number of unbranched alkanes of at least 4 members (excludes halogenated alkanes) is 1.